The van der Waals surface area contributed by atoms with Crippen LogP contribution in [-0.4, -0.2) is 12.6 Å². The zero-order chi connectivity index (χ0) is 14.7. The predicted molar refractivity (Wildman–Crippen MR) is 88.8 cm³/mol. The summed E-state index contributed by atoms with van der Waals surface area (Å²) in [4.78, 5) is 0. The topological polar surface area (TPSA) is 21.3 Å². The first kappa shape index (κ1) is 14.4. The third-order valence-corrected chi connectivity index (χ3v) is 4.33. The molecule has 1 N–H and O–H groups in total. The van der Waals surface area contributed by atoms with Gasteiger partial charge in [0, 0.05) is 12.1 Å². The van der Waals surface area contributed by atoms with Gasteiger partial charge in [-0.3, -0.25) is 0 Å². The van der Waals surface area contributed by atoms with Crippen LogP contribution in [-0.2, 0) is 6.54 Å². The largest absolute Gasteiger partial charge is 0.490 e. The van der Waals surface area contributed by atoms with Gasteiger partial charge < -0.3 is 10.1 Å². The van der Waals surface area contributed by atoms with Crippen molar-refractivity contribution in [1.29, 1.82) is 0 Å². The summed E-state index contributed by atoms with van der Waals surface area (Å²) in [5.74, 6) is 1.94. The summed E-state index contributed by atoms with van der Waals surface area (Å²) in [6, 6.07) is 12.9. The van der Waals surface area contributed by atoms with Gasteiger partial charge in [0.25, 0.3) is 0 Å². The molecule has 0 bridgehead atoms. The van der Waals surface area contributed by atoms with E-state index in [0.29, 0.717) is 0 Å². The van der Waals surface area contributed by atoms with Crippen LogP contribution in [0.3, 0.4) is 0 Å². The molecule has 0 amide bonds. The maximum Gasteiger partial charge on any atom is 0.124 e. The summed E-state index contributed by atoms with van der Waals surface area (Å²) in [6.45, 7) is 6.32. The molecular weight excluding hydrogens is 258 g/mol. The minimum absolute atomic E-state index is 0.258. The standard InChI is InChI=1S/C19H25NO/c1-3-14(2)21-19-11-10-16-6-4-5-7-17(16)18(19)13-20-12-15-8-9-15/h4-7,10-11,14-15,20H,3,8-9,12-13H2,1-2H3. The molecule has 0 heterocycles. The van der Waals surface area contributed by atoms with Crippen molar-refractivity contribution < 1.29 is 4.74 Å². The quantitative estimate of drug-likeness (QED) is 0.807. The lowest BCUT2D eigenvalue weighted by Crippen LogP contribution is -2.18. The molecule has 2 aromatic rings. The summed E-state index contributed by atoms with van der Waals surface area (Å²) < 4.78 is 6.14. The smallest absolute Gasteiger partial charge is 0.124 e. The monoisotopic (exact) mass is 283 g/mol. The van der Waals surface area contributed by atoms with Crippen LogP contribution in [0.1, 0.15) is 38.7 Å². The maximum absolute atomic E-state index is 6.14. The number of benzene rings is 2. The van der Waals surface area contributed by atoms with Gasteiger partial charge in [-0.25, -0.2) is 0 Å². The molecule has 2 heteroatoms. The molecular formula is C19H25NO. The van der Waals surface area contributed by atoms with E-state index in [0.717, 1.165) is 31.2 Å². The van der Waals surface area contributed by atoms with Crippen molar-refractivity contribution in [1.82, 2.24) is 5.32 Å². The van der Waals surface area contributed by atoms with Crippen LogP contribution < -0.4 is 10.1 Å². The summed E-state index contributed by atoms with van der Waals surface area (Å²) in [6.07, 6.45) is 4.06. The number of ether oxygens (including phenoxy) is 1. The second-order valence-electron chi connectivity index (χ2n) is 6.17. The number of rotatable bonds is 7. The first-order valence-electron chi connectivity index (χ1n) is 8.16. The van der Waals surface area contributed by atoms with Crippen LogP contribution in [0.2, 0.25) is 0 Å². The number of hydrogen-bond donors (Lipinski definition) is 1. The molecule has 0 saturated heterocycles. The second kappa shape index (κ2) is 6.48. The lowest BCUT2D eigenvalue weighted by atomic mass is 10.0. The Hall–Kier alpha value is -1.54. The fourth-order valence-electron chi connectivity index (χ4n) is 2.63. The van der Waals surface area contributed by atoms with Crippen LogP contribution in [0.15, 0.2) is 36.4 Å². The number of hydrogen-bond acceptors (Lipinski definition) is 2. The van der Waals surface area contributed by atoms with Gasteiger partial charge >= 0.3 is 0 Å². The summed E-state index contributed by atoms with van der Waals surface area (Å²) >= 11 is 0. The van der Waals surface area contributed by atoms with E-state index in [9.17, 15) is 0 Å². The van der Waals surface area contributed by atoms with Crippen LogP contribution in [0.25, 0.3) is 10.8 Å². The molecule has 3 rings (SSSR count). The van der Waals surface area contributed by atoms with Crippen molar-refractivity contribution in [3.05, 3.63) is 42.0 Å². The van der Waals surface area contributed by atoms with Crippen LogP contribution in [0.5, 0.6) is 5.75 Å². The highest BCUT2D eigenvalue weighted by Crippen LogP contribution is 2.30. The molecule has 2 nitrogen and oxygen atoms in total. The fraction of sp³-hybridized carbons (Fsp3) is 0.474. The van der Waals surface area contributed by atoms with E-state index in [4.69, 9.17) is 4.74 Å². The van der Waals surface area contributed by atoms with Gasteiger partial charge in [0.05, 0.1) is 6.10 Å². The van der Waals surface area contributed by atoms with Gasteiger partial charge in [-0.2, -0.15) is 0 Å². The lowest BCUT2D eigenvalue weighted by Gasteiger charge is -2.18. The molecule has 0 aliphatic heterocycles. The van der Waals surface area contributed by atoms with Gasteiger partial charge in [-0.05, 0) is 55.5 Å². The van der Waals surface area contributed by atoms with Crippen molar-refractivity contribution in [2.75, 3.05) is 6.54 Å². The van der Waals surface area contributed by atoms with E-state index in [-0.39, 0.29) is 6.10 Å². The average Bonchev–Trinajstić information content (AvgIpc) is 3.33. The van der Waals surface area contributed by atoms with Crippen LogP contribution >= 0.6 is 0 Å². The Kier molecular flexibility index (Phi) is 4.45. The van der Waals surface area contributed by atoms with E-state index >= 15 is 0 Å². The van der Waals surface area contributed by atoms with Gasteiger partial charge in [0.15, 0.2) is 0 Å². The molecule has 112 valence electrons. The molecule has 2 aromatic carbocycles. The summed E-state index contributed by atoms with van der Waals surface area (Å²) in [5.41, 5.74) is 1.30. The molecule has 0 radical (unpaired) electrons. The van der Waals surface area contributed by atoms with E-state index in [1.807, 2.05) is 0 Å². The number of nitrogens with one attached hydrogen (secondary N) is 1. The van der Waals surface area contributed by atoms with Gasteiger partial charge in [0.1, 0.15) is 5.75 Å². The van der Waals surface area contributed by atoms with Gasteiger partial charge in [-0.15, -0.1) is 0 Å². The highest BCUT2D eigenvalue weighted by molar-refractivity contribution is 5.87. The lowest BCUT2D eigenvalue weighted by molar-refractivity contribution is 0.215. The van der Waals surface area contributed by atoms with E-state index in [1.165, 1.54) is 29.2 Å². The molecule has 1 unspecified atom stereocenters. The van der Waals surface area contributed by atoms with Gasteiger partial charge in [0.2, 0.25) is 0 Å². The van der Waals surface area contributed by atoms with E-state index in [1.54, 1.807) is 0 Å². The summed E-state index contributed by atoms with van der Waals surface area (Å²) in [5, 5.41) is 6.20. The van der Waals surface area contributed by atoms with Crippen molar-refractivity contribution in [2.45, 2.75) is 45.8 Å². The Morgan fingerprint density at radius 2 is 2.00 bits per heavy atom. The van der Waals surface area contributed by atoms with E-state index < -0.39 is 0 Å². The third-order valence-electron chi connectivity index (χ3n) is 4.33. The predicted octanol–water partition coefficient (Wildman–Crippen LogP) is 4.52. The highest BCUT2D eigenvalue weighted by atomic mass is 16.5. The second-order valence-corrected chi connectivity index (χ2v) is 6.17. The number of fused-ring (bicyclic) bond motifs is 1. The normalized spacial score (nSPS) is 16.1. The molecule has 0 aromatic heterocycles. The maximum atomic E-state index is 6.14. The minimum Gasteiger partial charge on any atom is -0.490 e. The molecule has 0 spiro atoms. The van der Waals surface area contributed by atoms with Crippen molar-refractivity contribution >= 4 is 10.8 Å². The van der Waals surface area contributed by atoms with Crippen molar-refractivity contribution in [2.24, 2.45) is 5.92 Å². The Balaban J connectivity index is 1.87. The first-order valence-corrected chi connectivity index (χ1v) is 8.16. The minimum atomic E-state index is 0.258. The molecule has 1 aliphatic rings. The highest BCUT2D eigenvalue weighted by Gasteiger charge is 2.20. The molecule has 1 atom stereocenters. The van der Waals surface area contributed by atoms with E-state index in [2.05, 4.69) is 55.6 Å². The Labute approximate surface area is 127 Å². The average molecular weight is 283 g/mol. The van der Waals surface area contributed by atoms with Crippen LogP contribution in [0, 0.1) is 5.92 Å². The fourth-order valence-corrected chi connectivity index (χ4v) is 2.63. The summed E-state index contributed by atoms with van der Waals surface area (Å²) in [7, 11) is 0. The van der Waals surface area contributed by atoms with Gasteiger partial charge in [-0.1, -0.05) is 37.3 Å². The zero-order valence-electron chi connectivity index (χ0n) is 13.1. The molecule has 1 aliphatic carbocycles. The SMILES string of the molecule is CCC(C)Oc1ccc2ccccc2c1CNCC1CC1. The third kappa shape index (κ3) is 3.56. The molecule has 1 saturated carbocycles. The van der Waals surface area contributed by atoms with Crippen LogP contribution in [0.4, 0.5) is 0 Å². The Morgan fingerprint density at radius 3 is 2.76 bits per heavy atom. The zero-order valence-corrected chi connectivity index (χ0v) is 13.1. The molecule has 21 heavy (non-hydrogen) atoms. The van der Waals surface area contributed by atoms with Crippen molar-refractivity contribution in [3.63, 3.8) is 0 Å². The Bertz CT molecular complexity index is 604. The van der Waals surface area contributed by atoms with Crippen molar-refractivity contribution in [3.8, 4) is 5.75 Å². The first-order chi connectivity index (χ1) is 10.3. The molecule has 1 fully saturated rings. The Morgan fingerprint density at radius 1 is 1.19 bits per heavy atom.